The molecule has 1 aliphatic carbocycles. The van der Waals surface area contributed by atoms with Gasteiger partial charge < -0.3 is 0 Å². The first kappa shape index (κ1) is 12.2. The lowest BCUT2D eigenvalue weighted by Gasteiger charge is -2.22. The zero-order valence-corrected chi connectivity index (χ0v) is 11.2. The molecule has 1 saturated heterocycles. The third-order valence-corrected chi connectivity index (χ3v) is 4.16. The van der Waals surface area contributed by atoms with Crippen molar-refractivity contribution in [1.29, 1.82) is 0 Å². The van der Waals surface area contributed by atoms with Crippen molar-refractivity contribution in [2.45, 2.75) is 20.3 Å². The molecule has 3 atom stereocenters. The molecular weight excluding hydrogens is 238 g/mol. The molecule has 3 nitrogen and oxygen atoms in total. The monoisotopic (exact) mass is 255 g/mol. The fourth-order valence-corrected chi connectivity index (χ4v) is 3.10. The van der Waals surface area contributed by atoms with E-state index in [1.165, 1.54) is 4.90 Å². The molecule has 0 radical (unpaired) electrons. The van der Waals surface area contributed by atoms with Gasteiger partial charge in [-0.25, -0.2) is 0 Å². The summed E-state index contributed by atoms with van der Waals surface area (Å²) in [7, 11) is 0. The Morgan fingerprint density at radius 1 is 1.11 bits per heavy atom. The standard InChI is InChI=1S/C16H17NO2/c1-10-6-8-12(9-7-10)17-15(18)13-5-3-4-11(2)14(13)16(17)19/h3-4,6-9,11,13-14H,5H2,1-2H3/t11-,13-,14-/m0/s1. The average molecular weight is 255 g/mol. The van der Waals surface area contributed by atoms with Crippen LogP contribution in [0.5, 0.6) is 0 Å². The van der Waals surface area contributed by atoms with Crippen LogP contribution in [-0.4, -0.2) is 11.8 Å². The highest BCUT2D eigenvalue weighted by atomic mass is 16.2. The molecule has 0 saturated carbocycles. The molecule has 0 N–H and O–H groups in total. The van der Waals surface area contributed by atoms with E-state index in [1.807, 2.05) is 50.3 Å². The van der Waals surface area contributed by atoms with Gasteiger partial charge in [0.1, 0.15) is 0 Å². The summed E-state index contributed by atoms with van der Waals surface area (Å²) in [5.74, 6) is -0.302. The van der Waals surface area contributed by atoms with Gasteiger partial charge in [0.25, 0.3) is 0 Å². The second-order valence-electron chi connectivity index (χ2n) is 5.50. The first-order chi connectivity index (χ1) is 9.09. The molecule has 1 aromatic rings. The van der Waals surface area contributed by atoms with Crippen LogP contribution in [0.15, 0.2) is 36.4 Å². The second kappa shape index (κ2) is 4.34. The summed E-state index contributed by atoms with van der Waals surface area (Å²) in [6.45, 7) is 4.00. The summed E-state index contributed by atoms with van der Waals surface area (Å²) >= 11 is 0. The van der Waals surface area contributed by atoms with E-state index in [1.54, 1.807) is 0 Å². The maximum absolute atomic E-state index is 12.5. The van der Waals surface area contributed by atoms with E-state index < -0.39 is 0 Å². The Labute approximate surface area is 112 Å². The molecule has 0 unspecified atom stereocenters. The normalized spacial score (nSPS) is 29.8. The summed E-state index contributed by atoms with van der Waals surface area (Å²) in [6, 6.07) is 7.56. The van der Waals surface area contributed by atoms with Gasteiger partial charge in [-0.05, 0) is 31.4 Å². The molecule has 98 valence electrons. The SMILES string of the molecule is Cc1ccc(N2C(=O)[C@@H]3[C@H](CC=C[C@@H]3C)C2=O)cc1. The van der Waals surface area contributed by atoms with Gasteiger partial charge in [0.05, 0.1) is 17.5 Å². The quantitative estimate of drug-likeness (QED) is 0.571. The van der Waals surface area contributed by atoms with E-state index in [4.69, 9.17) is 0 Å². The predicted octanol–water partition coefficient (Wildman–Crippen LogP) is 2.70. The van der Waals surface area contributed by atoms with Crippen LogP contribution in [0, 0.1) is 24.7 Å². The van der Waals surface area contributed by atoms with Crippen molar-refractivity contribution < 1.29 is 9.59 Å². The number of hydrogen-bond donors (Lipinski definition) is 0. The number of anilines is 1. The van der Waals surface area contributed by atoms with Crippen molar-refractivity contribution in [3.63, 3.8) is 0 Å². The van der Waals surface area contributed by atoms with Gasteiger partial charge in [-0.1, -0.05) is 36.8 Å². The van der Waals surface area contributed by atoms with Crippen LogP contribution in [-0.2, 0) is 9.59 Å². The van der Waals surface area contributed by atoms with E-state index in [0.29, 0.717) is 12.1 Å². The Hall–Kier alpha value is -1.90. The number of fused-ring (bicyclic) bond motifs is 1. The Morgan fingerprint density at radius 2 is 1.79 bits per heavy atom. The van der Waals surface area contributed by atoms with E-state index >= 15 is 0 Å². The van der Waals surface area contributed by atoms with Gasteiger partial charge in [-0.15, -0.1) is 0 Å². The molecule has 3 rings (SSSR count). The molecular formula is C16H17NO2. The van der Waals surface area contributed by atoms with Crippen LogP contribution >= 0.6 is 0 Å². The lowest BCUT2D eigenvalue weighted by molar-refractivity contribution is -0.122. The fourth-order valence-electron chi connectivity index (χ4n) is 3.10. The predicted molar refractivity (Wildman–Crippen MR) is 73.6 cm³/mol. The molecule has 3 heteroatoms. The van der Waals surface area contributed by atoms with Crippen LogP contribution in [0.3, 0.4) is 0 Å². The van der Waals surface area contributed by atoms with Crippen LogP contribution < -0.4 is 4.90 Å². The lowest BCUT2D eigenvalue weighted by Crippen LogP contribution is -2.31. The molecule has 1 aliphatic heterocycles. The Balaban J connectivity index is 1.98. The number of hydrogen-bond acceptors (Lipinski definition) is 2. The van der Waals surface area contributed by atoms with E-state index in [2.05, 4.69) is 0 Å². The largest absolute Gasteiger partial charge is 0.274 e. The highest BCUT2D eigenvalue weighted by Crippen LogP contribution is 2.40. The number of amides is 2. The van der Waals surface area contributed by atoms with Crippen LogP contribution in [0.4, 0.5) is 5.69 Å². The van der Waals surface area contributed by atoms with Gasteiger partial charge in [0.2, 0.25) is 11.8 Å². The Morgan fingerprint density at radius 3 is 2.42 bits per heavy atom. The number of carbonyl (C=O) groups excluding carboxylic acids is 2. The molecule has 19 heavy (non-hydrogen) atoms. The summed E-state index contributed by atoms with van der Waals surface area (Å²) in [5.41, 5.74) is 1.82. The summed E-state index contributed by atoms with van der Waals surface area (Å²) in [6.07, 6.45) is 4.75. The van der Waals surface area contributed by atoms with Gasteiger partial charge in [0.15, 0.2) is 0 Å². The summed E-state index contributed by atoms with van der Waals surface area (Å²) in [4.78, 5) is 26.3. The molecule has 0 spiro atoms. The number of benzene rings is 1. The Bertz CT molecular complexity index is 559. The van der Waals surface area contributed by atoms with Crippen molar-refractivity contribution >= 4 is 17.5 Å². The zero-order valence-electron chi connectivity index (χ0n) is 11.2. The van der Waals surface area contributed by atoms with Crippen LogP contribution in [0.1, 0.15) is 18.9 Å². The van der Waals surface area contributed by atoms with Gasteiger partial charge in [0, 0.05) is 0 Å². The molecule has 2 amide bonds. The number of allylic oxidation sites excluding steroid dienone is 2. The first-order valence-corrected chi connectivity index (χ1v) is 6.70. The average Bonchev–Trinajstić information content (AvgIpc) is 2.65. The lowest BCUT2D eigenvalue weighted by atomic mass is 9.78. The van der Waals surface area contributed by atoms with E-state index in [0.717, 1.165) is 5.56 Å². The van der Waals surface area contributed by atoms with E-state index in [-0.39, 0.29) is 29.6 Å². The zero-order chi connectivity index (χ0) is 13.6. The fraction of sp³-hybridized carbons (Fsp3) is 0.375. The maximum atomic E-state index is 12.5. The summed E-state index contributed by atoms with van der Waals surface area (Å²) < 4.78 is 0. The highest BCUT2D eigenvalue weighted by molar-refractivity contribution is 6.22. The topological polar surface area (TPSA) is 37.4 Å². The Kier molecular flexibility index (Phi) is 2.77. The maximum Gasteiger partial charge on any atom is 0.238 e. The molecule has 1 aromatic carbocycles. The van der Waals surface area contributed by atoms with Gasteiger partial charge >= 0.3 is 0 Å². The first-order valence-electron chi connectivity index (χ1n) is 6.70. The van der Waals surface area contributed by atoms with Crippen molar-refractivity contribution in [2.24, 2.45) is 17.8 Å². The van der Waals surface area contributed by atoms with Crippen molar-refractivity contribution in [2.75, 3.05) is 4.90 Å². The smallest absolute Gasteiger partial charge is 0.238 e. The molecule has 2 aliphatic rings. The minimum atomic E-state index is -0.182. The number of imide groups is 1. The third-order valence-electron chi connectivity index (χ3n) is 4.16. The highest BCUT2D eigenvalue weighted by Gasteiger charge is 2.50. The van der Waals surface area contributed by atoms with Crippen molar-refractivity contribution in [3.8, 4) is 0 Å². The molecule has 0 aromatic heterocycles. The van der Waals surface area contributed by atoms with E-state index in [9.17, 15) is 9.59 Å². The van der Waals surface area contributed by atoms with Gasteiger partial charge in [-0.2, -0.15) is 0 Å². The number of rotatable bonds is 1. The summed E-state index contributed by atoms with van der Waals surface area (Å²) in [5, 5.41) is 0. The molecule has 1 fully saturated rings. The minimum absolute atomic E-state index is 0.0456. The van der Waals surface area contributed by atoms with Crippen molar-refractivity contribution in [1.82, 2.24) is 0 Å². The van der Waals surface area contributed by atoms with Crippen molar-refractivity contribution in [3.05, 3.63) is 42.0 Å². The van der Waals surface area contributed by atoms with Crippen LogP contribution in [0.2, 0.25) is 0 Å². The number of nitrogens with zero attached hydrogens (tertiary/aromatic N) is 1. The second-order valence-corrected chi connectivity index (χ2v) is 5.50. The third kappa shape index (κ3) is 1.81. The molecule has 0 bridgehead atoms. The van der Waals surface area contributed by atoms with Crippen LogP contribution in [0.25, 0.3) is 0 Å². The van der Waals surface area contributed by atoms with Gasteiger partial charge in [-0.3, -0.25) is 14.5 Å². The number of aryl methyl sites for hydroxylation is 1. The molecule has 1 heterocycles. The minimum Gasteiger partial charge on any atom is -0.274 e. The number of carbonyl (C=O) groups is 2.